The van der Waals surface area contributed by atoms with Gasteiger partial charge in [0, 0.05) is 25.7 Å². The second-order valence-electron chi connectivity index (χ2n) is 7.68. The lowest BCUT2D eigenvalue weighted by molar-refractivity contribution is 0.245. The maximum Gasteiger partial charge on any atom is 0.240 e. The van der Waals surface area contributed by atoms with Crippen LogP contribution in [0.4, 0.5) is 0 Å². The minimum atomic E-state index is -3.42. The predicted octanol–water partition coefficient (Wildman–Crippen LogP) is 2.93. The van der Waals surface area contributed by atoms with Crippen molar-refractivity contribution in [3.63, 3.8) is 0 Å². The molecule has 0 spiro atoms. The molecule has 32 heavy (non-hydrogen) atoms. The maximum atomic E-state index is 11.9. The topological polar surface area (TPSA) is 85.8 Å². The number of hydrogen-bond acceptors (Lipinski definition) is 4. The summed E-state index contributed by atoms with van der Waals surface area (Å²) >= 11 is 0. The molecule has 1 heterocycles. The average molecular weight is 572 g/mol. The molecule has 0 amide bonds. The first-order valence-corrected chi connectivity index (χ1v) is 12.3. The Morgan fingerprint density at radius 1 is 1.06 bits per heavy atom. The van der Waals surface area contributed by atoms with Crippen molar-refractivity contribution in [1.29, 1.82) is 0 Å². The number of likely N-dealkylation sites (tertiary alicyclic amines) is 1. The molecule has 0 aliphatic carbocycles. The summed E-state index contributed by atoms with van der Waals surface area (Å²) in [5.41, 5.74) is 2.30. The fourth-order valence-electron chi connectivity index (χ4n) is 3.77. The first-order chi connectivity index (χ1) is 15.0. The highest BCUT2D eigenvalue weighted by atomic mass is 127. The van der Waals surface area contributed by atoms with Gasteiger partial charge in [0.1, 0.15) is 0 Å². The third kappa shape index (κ3) is 7.72. The highest BCUT2D eigenvalue weighted by molar-refractivity contribution is 14.0. The van der Waals surface area contributed by atoms with Gasteiger partial charge in [0.25, 0.3) is 0 Å². The summed E-state index contributed by atoms with van der Waals surface area (Å²) in [6.45, 7) is 6.25. The molecular weight excluding hydrogens is 537 g/mol. The molecule has 1 unspecified atom stereocenters. The summed E-state index contributed by atoms with van der Waals surface area (Å²) < 4.78 is 26.0. The van der Waals surface area contributed by atoms with E-state index in [-0.39, 0.29) is 28.9 Å². The molecular formula is C23H34IN5O2S. The minimum Gasteiger partial charge on any atom is -0.357 e. The van der Waals surface area contributed by atoms with Gasteiger partial charge in [0.05, 0.1) is 11.4 Å². The van der Waals surface area contributed by atoms with E-state index in [9.17, 15) is 8.42 Å². The van der Waals surface area contributed by atoms with Gasteiger partial charge in [0.15, 0.2) is 5.96 Å². The van der Waals surface area contributed by atoms with Crippen LogP contribution in [-0.4, -0.2) is 52.0 Å². The molecule has 7 nitrogen and oxygen atoms in total. The summed E-state index contributed by atoms with van der Waals surface area (Å²) in [6, 6.07) is 17.9. The maximum absolute atomic E-state index is 11.9. The van der Waals surface area contributed by atoms with E-state index in [0.29, 0.717) is 12.6 Å². The highest BCUT2D eigenvalue weighted by Crippen LogP contribution is 2.19. The SMILES string of the molecule is CCNC(=NCc1ccc(S(=O)(=O)NC)cc1)NCC1CCCN1Cc1ccccc1.I. The number of benzene rings is 2. The van der Waals surface area contributed by atoms with E-state index in [1.807, 2.05) is 6.92 Å². The van der Waals surface area contributed by atoms with Crippen LogP contribution in [0.15, 0.2) is 64.5 Å². The van der Waals surface area contributed by atoms with E-state index in [4.69, 9.17) is 0 Å². The summed E-state index contributed by atoms with van der Waals surface area (Å²) in [5, 5.41) is 6.79. The molecule has 0 aromatic heterocycles. The summed E-state index contributed by atoms with van der Waals surface area (Å²) in [5.74, 6) is 0.779. The van der Waals surface area contributed by atoms with Crippen molar-refractivity contribution in [2.24, 2.45) is 4.99 Å². The number of aliphatic imine (C=N–C) groups is 1. The lowest BCUT2D eigenvalue weighted by Crippen LogP contribution is -2.44. The van der Waals surface area contributed by atoms with Gasteiger partial charge in [-0.2, -0.15) is 0 Å². The van der Waals surface area contributed by atoms with Crippen LogP contribution in [0.3, 0.4) is 0 Å². The van der Waals surface area contributed by atoms with Crippen LogP contribution >= 0.6 is 24.0 Å². The van der Waals surface area contributed by atoms with Crippen LogP contribution < -0.4 is 15.4 Å². The predicted molar refractivity (Wildman–Crippen MR) is 141 cm³/mol. The molecule has 1 aliphatic heterocycles. The van der Waals surface area contributed by atoms with Crippen molar-refractivity contribution in [1.82, 2.24) is 20.3 Å². The van der Waals surface area contributed by atoms with Crippen LogP contribution in [0.2, 0.25) is 0 Å². The van der Waals surface area contributed by atoms with Crippen LogP contribution in [0.1, 0.15) is 30.9 Å². The lowest BCUT2D eigenvalue weighted by Gasteiger charge is -2.25. The third-order valence-corrected chi connectivity index (χ3v) is 6.93. The molecule has 176 valence electrons. The molecule has 3 rings (SSSR count). The Morgan fingerprint density at radius 2 is 1.78 bits per heavy atom. The summed E-state index contributed by atoms with van der Waals surface area (Å²) in [4.78, 5) is 7.47. The Balaban J connectivity index is 0.00000363. The number of nitrogens with zero attached hydrogens (tertiary/aromatic N) is 2. The molecule has 1 aliphatic rings. The Morgan fingerprint density at radius 3 is 2.44 bits per heavy atom. The normalized spacial score (nSPS) is 17.1. The quantitative estimate of drug-likeness (QED) is 0.245. The zero-order valence-electron chi connectivity index (χ0n) is 18.8. The molecule has 1 saturated heterocycles. The van der Waals surface area contributed by atoms with Gasteiger partial charge in [-0.05, 0) is 56.6 Å². The van der Waals surface area contributed by atoms with E-state index in [1.165, 1.54) is 25.5 Å². The minimum absolute atomic E-state index is 0. The average Bonchev–Trinajstić information content (AvgIpc) is 3.23. The van der Waals surface area contributed by atoms with E-state index < -0.39 is 10.0 Å². The molecule has 0 bridgehead atoms. The van der Waals surface area contributed by atoms with Crippen molar-refractivity contribution in [3.8, 4) is 0 Å². The van der Waals surface area contributed by atoms with E-state index in [1.54, 1.807) is 24.3 Å². The van der Waals surface area contributed by atoms with Gasteiger partial charge in [-0.15, -0.1) is 24.0 Å². The zero-order valence-corrected chi connectivity index (χ0v) is 21.9. The zero-order chi connectivity index (χ0) is 22.1. The molecule has 9 heteroatoms. The first kappa shape index (κ1) is 26.6. The van der Waals surface area contributed by atoms with Gasteiger partial charge in [-0.25, -0.2) is 18.1 Å². The molecule has 2 aromatic carbocycles. The van der Waals surface area contributed by atoms with Gasteiger partial charge >= 0.3 is 0 Å². The Kier molecular flexibility index (Phi) is 10.9. The standard InChI is InChI=1S/C23H33N5O2S.HI/c1-3-25-23(26-16-19-11-13-22(14-12-19)31(29,30)24-2)27-17-21-10-7-15-28(21)18-20-8-5-4-6-9-20;/h4-6,8-9,11-14,21,24H,3,7,10,15-18H2,1-2H3,(H2,25,26,27);1H. The first-order valence-electron chi connectivity index (χ1n) is 10.8. The van der Waals surface area contributed by atoms with Crippen molar-refractivity contribution in [2.75, 3.05) is 26.7 Å². The Hall–Kier alpha value is -1.69. The molecule has 0 saturated carbocycles. The number of sulfonamides is 1. The number of rotatable bonds is 9. The molecule has 1 fully saturated rings. The van der Waals surface area contributed by atoms with E-state index in [0.717, 1.165) is 37.7 Å². The van der Waals surface area contributed by atoms with E-state index >= 15 is 0 Å². The molecule has 1 atom stereocenters. The Bertz CT molecular complexity index is 952. The monoisotopic (exact) mass is 571 g/mol. The van der Waals surface area contributed by atoms with Crippen LogP contribution in [0, 0.1) is 0 Å². The second kappa shape index (κ2) is 13.1. The van der Waals surface area contributed by atoms with Crippen molar-refractivity contribution < 1.29 is 8.42 Å². The van der Waals surface area contributed by atoms with Crippen molar-refractivity contribution >= 4 is 40.0 Å². The number of guanidine groups is 1. The van der Waals surface area contributed by atoms with Crippen molar-refractivity contribution in [3.05, 3.63) is 65.7 Å². The summed E-state index contributed by atoms with van der Waals surface area (Å²) in [6.07, 6.45) is 2.40. The Labute approximate surface area is 209 Å². The van der Waals surface area contributed by atoms with Crippen LogP contribution in [0.25, 0.3) is 0 Å². The summed E-state index contributed by atoms with van der Waals surface area (Å²) in [7, 11) is -2.01. The highest BCUT2D eigenvalue weighted by Gasteiger charge is 2.24. The third-order valence-electron chi connectivity index (χ3n) is 5.50. The van der Waals surface area contributed by atoms with Crippen LogP contribution in [-0.2, 0) is 23.1 Å². The fraction of sp³-hybridized carbons (Fsp3) is 0.435. The van der Waals surface area contributed by atoms with Gasteiger partial charge in [0.2, 0.25) is 10.0 Å². The largest absolute Gasteiger partial charge is 0.357 e. The smallest absolute Gasteiger partial charge is 0.240 e. The number of nitrogens with one attached hydrogen (secondary N) is 3. The van der Waals surface area contributed by atoms with Gasteiger partial charge in [-0.1, -0.05) is 42.5 Å². The van der Waals surface area contributed by atoms with Gasteiger partial charge < -0.3 is 10.6 Å². The number of hydrogen-bond donors (Lipinski definition) is 3. The molecule has 0 radical (unpaired) electrons. The van der Waals surface area contributed by atoms with Crippen molar-refractivity contribution in [2.45, 2.75) is 43.8 Å². The van der Waals surface area contributed by atoms with Crippen LogP contribution in [0.5, 0.6) is 0 Å². The van der Waals surface area contributed by atoms with Gasteiger partial charge in [-0.3, -0.25) is 4.90 Å². The molecule has 3 N–H and O–H groups in total. The second-order valence-corrected chi connectivity index (χ2v) is 9.57. The van der Waals surface area contributed by atoms with E-state index in [2.05, 4.69) is 55.6 Å². The number of halogens is 1. The fourth-order valence-corrected chi connectivity index (χ4v) is 4.50. The molecule has 2 aromatic rings. The lowest BCUT2D eigenvalue weighted by atomic mass is 10.2.